The number of amides is 2. The zero-order valence-corrected chi connectivity index (χ0v) is 9.19. The highest BCUT2D eigenvalue weighted by Gasteiger charge is 2.25. The van der Waals surface area contributed by atoms with Gasteiger partial charge in [0.05, 0.1) is 0 Å². The summed E-state index contributed by atoms with van der Waals surface area (Å²) < 4.78 is 0. The number of urea groups is 1. The summed E-state index contributed by atoms with van der Waals surface area (Å²) in [5.41, 5.74) is 0. The van der Waals surface area contributed by atoms with E-state index in [1.165, 1.54) is 6.92 Å². The average molecular weight is 214 g/mol. The number of carbonyl (C=O) groups is 2. The Bertz CT molecular complexity index is 249. The van der Waals surface area contributed by atoms with Crippen LogP contribution in [0.5, 0.6) is 0 Å². The van der Waals surface area contributed by atoms with E-state index in [4.69, 9.17) is 5.11 Å². The van der Waals surface area contributed by atoms with E-state index >= 15 is 0 Å². The molecule has 0 heterocycles. The van der Waals surface area contributed by atoms with Crippen LogP contribution in [-0.2, 0) is 4.79 Å². The van der Waals surface area contributed by atoms with E-state index in [-0.39, 0.29) is 12.1 Å². The molecule has 1 saturated carbocycles. The lowest BCUT2D eigenvalue weighted by Gasteiger charge is -2.25. The topological polar surface area (TPSA) is 69.6 Å². The van der Waals surface area contributed by atoms with E-state index in [1.54, 1.807) is 11.9 Å². The van der Waals surface area contributed by atoms with Crippen LogP contribution in [0, 0.1) is 0 Å². The largest absolute Gasteiger partial charge is 0.480 e. The minimum Gasteiger partial charge on any atom is -0.480 e. The molecule has 15 heavy (non-hydrogen) atoms. The summed E-state index contributed by atoms with van der Waals surface area (Å²) in [5, 5.41) is 11.1. The fraction of sp³-hybridized carbons (Fsp3) is 0.800. The molecule has 0 bridgehead atoms. The molecule has 5 heteroatoms. The highest BCUT2D eigenvalue weighted by Crippen LogP contribution is 2.22. The number of hydrogen-bond donors (Lipinski definition) is 2. The van der Waals surface area contributed by atoms with Crippen molar-refractivity contribution in [1.29, 1.82) is 0 Å². The molecular formula is C10H18N2O3. The van der Waals surface area contributed by atoms with Crippen LogP contribution in [0.3, 0.4) is 0 Å². The van der Waals surface area contributed by atoms with Crippen LogP contribution in [0.4, 0.5) is 4.79 Å². The summed E-state index contributed by atoms with van der Waals surface area (Å²) in [6.07, 6.45) is 4.34. The molecule has 1 aliphatic rings. The Morgan fingerprint density at radius 3 is 2.40 bits per heavy atom. The number of aliphatic carboxylic acids is 1. The first-order valence-electron chi connectivity index (χ1n) is 5.28. The van der Waals surface area contributed by atoms with E-state index in [0.29, 0.717) is 0 Å². The Balaban J connectivity index is 2.41. The second kappa shape index (κ2) is 5.00. The van der Waals surface area contributed by atoms with E-state index in [9.17, 15) is 9.59 Å². The summed E-state index contributed by atoms with van der Waals surface area (Å²) >= 11 is 0. The molecule has 0 aliphatic heterocycles. The molecule has 0 spiro atoms. The molecule has 0 radical (unpaired) electrons. The van der Waals surface area contributed by atoms with Crippen molar-refractivity contribution < 1.29 is 14.7 Å². The Labute approximate surface area is 89.4 Å². The first-order chi connectivity index (χ1) is 7.02. The number of rotatable bonds is 3. The Morgan fingerprint density at radius 1 is 1.40 bits per heavy atom. The molecule has 0 aromatic rings. The standard InChI is InChI=1S/C10H18N2O3/c1-7(9(13)14)11-10(15)12(2)8-5-3-4-6-8/h7-8H,3-6H2,1-2H3,(H,11,15)(H,13,14)/t7-/m0/s1. The summed E-state index contributed by atoms with van der Waals surface area (Å²) in [6.45, 7) is 1.46. The fourth-order valence-electron chi connectivity index (χ4n) is 1.81. The molecule has 0 unspecified atom stereocenters. The van der Waals surface area contributed by atoms with Gasteiger partial charge in [-0.3, -0.25) is 4.79 Å². The predicted molar refractivity (Wildman–Crippen MR) is 55.6 cm³/mol. The van der Waals surface area contributed by atoms with Gasteiger partial charge in [-0.15, -0.1) is 0 Å². The van der Waals surface area contributed by atoms with E-state index in [1.807, 2.05) is 0 Å². The third-order valence-corrected chi connectivity index (χ3v) is 2.90. The number of nitrogens with one attached hydrogen (secondary N) is 1. The van der Waals surface area contributed by atoms with E-state index in [2.05, 4.69) is 5.32 Å². The summed E-state index contributed by atoms with van der Waals surface area (Å²) in [6, 6.07) is -0.857. The monoisotopic (exact) mass is 214 g/mol. The van der Waals surface area contributed by atoms with Crippen LogP contribution in [0.15, 0.2) is 0 Å². The molecule has 1 fully saturated rings. The van der Waals surface area contributed by atoms with Crippen molar-refractivity contribution >= 4 is 12.0 Å². The lowest BCUT2D eigenvalue weighted by atomic mass is 10.2. The molecular weight excluding hydrogens is 196 g/mol. The third-order valence-electron chi connectivity index (χ3n) is 2.90. The van der Waals surface area contributed by atoms with Gasteiger partial charge in [-0.1, -0.05) is 12.8 Å². The SMILES string of the molecule is C[C@H](NC(=O)N(C)C1CCCC1)C(=O)O. The second-order valence-corrected chi connectivity index (χ2v) is 4.06. The van der Waals surface area contributed by atoms with Crippen LogP contribution in [-0.4, -0.2) is 41.1 Å². The van der Waals surface area contributed by atoms with Gasteiger partial charge in [0.25, 0.3) is 0 Å². The molecule has 2 N–H and O–H groups in total. The van der Waals surface area contributed by atoms with Crippen molar-refractivity contribution in [2.75, 3.05) is 7.05 Å². The zero-order chi connectivity index (χ0) is 11.4. The maximum Gasteiger partial charge on any atom is 0.325 e. The highest BCUT2D eigenvalue weighted by molar-refractivity contribution is 5.82. The van der Waals surface area contributed by atoms with Crippen molar-refractivity contribution in [3.63, 3.8) is 0 Å². The summed E-state index contributed by atoms with van der Waals surface area (Å²) in [4.78, 5) is 23.8. The number of nitrogens with zero attached hydrogens (tertiary/aromatic N) is 1. The summed E-state index contributed by atoms with van der Waals surface area (Å²) in [5.74, 6) is -1.01. The number of hydrogen-bond acceptors (Lipinski definition) is 2. The maximum atomic E-state index is 11.6. The molecule has 1 rings (SSSR count). The molecule has 2 amide bonds. The smallest absolute Gasteiger partial charge is 0.325 e. The Morgan fingerprint density at radius 2 is 1.93 bits per heavy atom. The van der Waals surface area contributed by atoms with Gasteiger partial charge >= 0.3 is 12.0 Å². The van der Waals surface area contributed by atoms with E-state index < -0.39 is 12.0 Å². The minimum atomic E-state index is -1.01. The van der Waals surface area contributed by atoms with E-state index in [0.717, 1.165) is 25.7 Å². The predicted octanol–water partition coefficient (Wildman–Crippen LogP) is 1.04. The highest BCUT2D eigenvalue weighted by atomic mass is 16.4. The second-order valence-electron chi connectivity index (χ2n) is 4.06. The number of carbonyl (C=O) groups excluding carboxylic acids is 1. The van der Waals surface area contributed by atoms with Gasteiger partial charge in [-0.05, 0) is 19.8 Å². The van der Waals surface area contributed by atoms with Gasteiger partial charge in [0, 0.05) is 13.1 Å². The Hall–Kier alpha value is -1.26. The average Bonchev–Trinajstić information content (AvgIpc) is 2.68. The van der Waals surface area contributed by atoms with Crippen molar-refractivity contribution in [2.24, 2.45) is 0 Å². The number of carboxylic acids is 1. The van der Waals surface area contributed by atoms with Crippen LogP contribution in [0.2, 0.25) is 0 Å². The maximum absolute atomic E-state index is 11.6. The van der Waals surface area contributed by atoms with Gasteiger partial charge in [0.15, 0.2) is 0 Å². The van der Waals surface area contributed by atoms with Crippen LogP contribution >= 0.6 is 0 Å². The number of carboxylic acid groups (broad SMARTS) is 1. The quantitative estimate of drug-likeness (QED) is 0.737. The lowest BCUT2D eigenvalue weighted by Crippen LogP contribution is -2.48. The molecule has 86 valence electrons. The fourth-order valence-corrected chi connectivity index (χ4v) is 1.81. The Kier molecular flexibility index (Phi) is 3.94. The lowest BCUT2D eigenvalue weighted by molar-refractivity contribution is -0.138. The van der Waals surface area contributed by atoms with Crippen molar-refractivity contribution in [3.05, 3.63) is 0 Å². The van der Waals surface area contributed by atoms with Crippen LogP contribution in [0.1, 0.15) is 32.6 Å². The minimum absolute atomic E-state index is 0.269. The van der Waals surface area contributed by atoms with Gasteiger partial charge in [0.1, 0.15) is 6.04 Å². The van der Waals surface area contributed by atoms with Crippen molar-refractivity contribution in [2.45, 2.75) is 44.7 Å². The normalized spacial score (nSPS) is 18.5. The van der Waals surface area contributed by atoms with Crippen molar-refractivity contribution in [3.8, 4) is 0 Å². The van der Waals surface area contributed by atoms with Crippen molar-refractivity contribution in [1.82, 2.24) is 10.2 Å². The third kappa shape index (κ3) is 3.11. The van der Waals surface area contributed by atoms with Crippen LogP contribution < -0.4 is 5.32 Å². The first-order valence-corrected chi connectivity index (χ1v) is 5.28. The molecule has 1 aliphatic carbocycles. The zero-order valence-electron chi connectivity index (χ0n) is 9.19. The molecule has 0 aromatic heterocycles. The van der Waals surface area contributed by atoms with Gasteiger partial charge in [-0.25, -0.2) is 4.79 Å². The van der Waals surface area contributed by atoms with Gasteiger partial charge < -0.3 is 15.3 Å². The van der Waals surface area contributed by atoms with Crippen LogP contribution in [0.25, 0.3) is 0 Å². The molecule has 1 atom stereocenters. The van der Waals surface area contributed by atoms with Gasteiger partial charge in [-0.2, -0.15) is 0 Å². The van der Waals surface area contributed by atoms with Gasteiger partial charge in [0.2, 0.25) is 0 Å². The first kappa shape index (κ1) is 11.8. The summed E-state index contributed by atoms with van der Waals surface area (Å²) in [7, 11) is 1.72. The molecule has 5 nitrogen and oxygen atoms in total. The molecule has 0 saturated heterocycles. The molecule has 0 aromatic carbocycles.